The quantitative estimate of drug-likeness (QED) is 0.730. The minimum atomic E-state index is 0.209. The van der Waals surface area contributed by atoms with E-state index in [-0.39, 0.29) is 6.04 Å². The molecule has 0 aliphatic heterocycles. The number of aryl methyl sites for hydroxylation is 1. The molecule has 4 heteroatoms. The summed E-state index contributed by atoms with van der Waals surface area (Å²) >= 11 is 5.88. The van der Waals surface area contributed by atoms with Gasteiger partial charge in [0.25, 0.3) is 0 Å². The third kappa shape index (κ3) is 2.86. The maximum Gasteiger partial charge on any atom is 0.152 e. The van der Waals surface area contributed by atoms with Gasteiger partial charge in [-0.05, 0) is 25.5 Å². The number of nitrogens with two attached hydrogens (primary N) is 1. The predicted octanol–water partition coefficient (Wildman–Crippen LogP) is 1.80. The van der Waals surface area contributed by atoms with Crippen molar-refractivity contribution in [1.29, 1.82) is 0 Å². The SMILES string of the molecule is Cc1cnc(Cl)c(NC(C)CN)c1. The van der Waals surface area contributed by atoms with Crippen molar-refractivity contribution >= 4 is 17.3 Å². The second-order valence-corrected chi connectivity index (χ2v) is 3.49. The number of nitrogens with one attached hydrogen (secondary N) is 1. The molecule has 0 radical (unpaired) electrons. The van der Waals surface area contributed by atoms with Crippen molar-refractivity contribution in [2.24, 2.45) is 5.73 Å². The van der Waals surface area contributed by atoms with Crippen molar-refractivity contribution in [3.8, 4) is 0 Å². The van der Waals surface area contributed by atoms with Gasteiger partial charge in [0.2, 0.25) is 0 Å². The van der Waals surface area contributed by atoms with Gasteiger partial charge in [0.05, 0.1) is 5.69 Å². The minimum Gasteiger partial charge on any atom is -0.379 e. The summed E-state index contributed by atoms with van der Waals surface area (Å²) in [6.07, 6.45) is 1.74. The molecule has 1 atom stereocenters. The lowest BCUT2D eigenvalue weighted by Gasteiger charge is -2.13. The van der Waals surface area contributed by atoms with Crippen LogP contribution in [0.25, 0.3) is 0 Å². The molecule has 1 heterocycles. The van der Waals surface area contributed by atoms with E-state index in [1.807, 2.05) is 19.9 Å². The zero-order valence-electron chi connectivity index (χ0n) is 7.84. The smallest absolute Gasteiger partial charge is 0.152 e. The van der Waals surface area contributed by atoms with Crippen LogP contribution in [0.2, 0.25) is 5.15 Å². The van der Waals surface area contributed by atoms with Gasteiger partial charge in [-0.25, -0.2) is 4.98 Å². The van der Waals surface area contributed by atoms with Crippen molar-refractivity contribution in [2.45, 2.75) is 19.9 Å². The number of nitrogens with zero attached hydrogens (tertiary/aromatic N) is 1. The van der Waals surface area contributed by atoms with E-state index in [1.54, 1.807) is 6.20 Å². The maximum absolute atomic E-state index is 5.88. The maximum atomic E-state index is 5.88. The summed E-state index contributed by atoms with van der Waals surface area (Å²) in [5.41, 5.74) is 7.41. The fraction of sp³-hybridized carbons (Fsp3) is 0.444. The van der Waals surface area contributed by atoms with Crippen LogP contribution >= 0.6 is 11.6 Å². The van der Waals surface area contributed by atoms with Crippen molar-refractivity contribution in [3.63, 3.8) is 0 Å². The monoisotopic (exact) mass is 199 g/mol. The first-order valence-corrected chi connectivity index (χ1v) is 4.60. The number of hydrogen-bond acceptors (Lipinski definition) is 3. The van der Waals surface area contributed by atoms with Crippen LogP contribution in [0.3, 0.4) is 0 Å². The van der Waals surface area contributed by atoms with E-state index >= 15 is 0 Å². The molecule has 0 aliphatic carbocycles. The van der Waals surface area contributed by atoms with Crippen LogP contribution in [0, 0.1) is 6.92 Å². The number of pyridine rings is 1. The molecule has 72 valence electrons. The molecule has 0 bridgehead atoms. The highest BCUT2D eigenvalue weighted by molar-refractivity contribution is 6.31. The second-order valence-electron chi connectivity index (χ2n) is 3.13. The Labute approximate surface area is 83.3 Å². The van der Waals surface area contributed by atoms with Crippen LogP contribution < -0.4 is 11.1 Å². The third-order valence-electron chi connectivity index (χ3n) is 1.73. The van der Waals surface area contributed by atoms with Gasteiger partial charge in [-0.15, -0.1) is 0 Å². The summed E-state index contributed by atoms with van der Waals surface area (Å²) in [5, 5.41) is 3.67. The highest BCUT2D eigenvalue weighted by Crippen LogP contribution is 2.20. The Morgan fingerprint density at radius 3 is 3.00 bits per heavy atom. The first kappa shape index (κ1) is 10.3. The van der Waals surface area contributed by atoms with Crippen molar-refractivity contribution in [3.05, 3.63) is 23.0 Å². The summed E-state index contributed by atoms with van der Waals surface area (Å²) in [6.45, 7) is 4.55. The Morgan fingerprint density at radius 2 is 2.38 bits per heavy atom. The number of aromatic nitrogens is 1. The average molecular weight is 200 g/mol. The van der Waals surface area contributed by atoms with Crippen LogP contribution in [-0.2, 0) is 0 Å². The summed E-state index contributed by atoms with van der Waals surface area (Å²) < 4.78 is 0. The second kappa shape index (κ2) is 4.44. The Morgan fingerprint density at radius 1 is 1.69 bits per heavy atom. The van der Waals surface area contributed by atoms with Gasteiger partial charge in [-0.1, -0.05) is 11.6 Å². The summed E-state index contributed by atoms with van der Waals surface area (Å²) in [4.78, 5) is 4.03. The van der Waals surface area contributed by atoms with Crippen LogP contribution in [0.15, 0.2) is 12.3 Å². The molecule has 3 N–H and O–H groups in total. The topological polar surface area (TPSA) is 50.9 Å². The van der Waals surface area contributed by atoms with E-state index in [1.165, 1.54) is 0 Å². The van der Waals surface area contributed by atoms with Crippen LogP contribution in [0.1, 0.15) is 12.5 Å². The van der Waals surface area contributed by atoms with Gasteiger partial charge < -0.3 is 11.1 Å². The minimum absolute atomic E-state index is 0.209. The molecular formula is C9H14ClN3. The standard InChI is InChI=1S/C9H14ClN3/c1-6-3-8(9(10)12-5-6)13-7(2)4-11/h3,5,7,13H,4,11H2,1-2H3. The molecule has 3 nitrogen and oxygen atoms in total. The van der Waals surface area contributed by atoms with Crippen LogP contribution in [-0.4, -0.2) is 17.6 Å². The normalized spacial score (nSPS) is 12.6. The zero-order valence-corrected chi connectivity index (χ0v) is 8.60. The molecule has 1 rings (SSSR count). The number of anilines is 1. The van der Waals surface area contributed by atoms with Gasteiger partial charge in [0.1, 0.15) is 0 Å². The highest BCUT2D eigenvalue weighted by Gasteiger charge is 2.04. The summed E-state index contributed by atoms with van der Waals surface area (Å²) in [6, 6.07) is 2.17. The molecule has 0 aliphatic rings. The van der Waals surface area contributed by atoms with Crippen molar-refractivity contribution < 1.29 is 0 Å². The molecule has 0 amide bonds. The van der Waals surface area contributed by atoms with E-state index in [9.17, 15) is 0 Å². The van der Waals surface area contributed by atoms with Crippen molar-refractivity contribution in [2.75, 3.05) is 11.9 Å². The zero-order chi connectivity index (χ0) is 9.84. The predicted molar refractivity (Wildman–Crippen MR) is 56.1 cm³/mol. The number of hydrogen-bond donors (Lipinski definition) is 2. The lowest BCUT2D eigenvalue weighted by atomic mass is 10.2. The molecule has 0 saturated carbocycles. The largest absolute Gasteiger partial charge is 0.379 e. The summed E-state index contributed by atoms with van der Waals surface area (Å²) in [5.74, 6) is 0. The van der Waals surface area contributed by atoms with Crippen LogP contribution in [0.4, 0.5) is 5.69 Å². The van der Waals surface area contributed by atoms with Gasteiger partial charge in [-0.2, -0.15) is 0 Å². The molecule has 1 aromatic heterocycles. The van der Waals surface area contributed by atoms with E-state index in [4.69, 9.17) is 17.3 Å². The highest BCUT2D eigenvalue weighted by atomic mass is 35.5. The van der Waals surface area contributed by atoms with Crippen LogP contribution in [0.5, 0.6) is 0 Å². The van der Waals surface area contributed by atoms with E-state index < -0.39 is 0 Å². The molecular weight excluding hydrogens is 186 g/mol. The van der Waals surface area contributed by atoms with Gasteiger partial charge >= 0.3 is 0 Å². The fourth-order valence-corrected chi connectivity index (χ4v) is 1.14. The van der Waals surface area contributed by atoms with Gasteiger partial charge in [-0.3, -0.25) is 0 Å². The van der Waals surface area contributed by atoms with Gasteiger partial charge in [0.15, 0.2) is 5.15 Å². The molecule has 0 aromatic carbocycles. The number of rotatable bonds is 3. The number of halogens is 1. The Bertz CT molecular complexity index is 288. The van der Waals surface area contributed by atoms with Gasteiger partial charge in [0, 0.05) is 18.8 Å². The van der Waals surface area contributed by atoms with E-state index in [0.717, 1.165) is 11.3 Å². The Hall–Kier alpha value is -0.800. The fourth-order valence-electron chi connectivity index (χ4n) is 0.978. The molecule has 13 heavy (non-hydrogen) atoms. The first-order chi connectivity index (χ1) is 6.13. The first-order valence-electron chi connectivity index (χ1n) is 4.22. The third-order valence-corrected chi connectivity index (χ3v) is 2.03. The average Bonchev–Trinajstić information content (AvgIpc) is 2.11. The van der Waals surface area contributed by atoms with Crippen molar-refractivity contribution in [1.82, 2.24) is 4.98 Å². The Balaban J connectivity index is 2.81. The summed E-state index contributed by atoms with van der Waals surface area (Å²) in [7, 11) is 0. The molecule has 0 fully saturated rings. The molecule has 1 unspecified atom stereocenters. The lowest BCUT2D eigenvalue weighted by molar-refractivity contribution is 0.803. The van der Waals surface area contributed by atoms with E-state index in [2.05, 4.69) is 10.3 Å². The molecule has 0 spiro atoms. The molecule has 1 aromatic rings. The lowest BCUT2D eigenvalue weighted by Crippen LogP contribution is -2.25. The Kier molecular flexibility index (Phi) is 3.51. The van der Waals surface area contributed by atoms with E-state index in [0.29, 0.717) is 11.7 Å². The molecule has 0 saturated heterocycles.